The summed E-state index contributed by atoms with van der Waals surface area (Å²) in [6, 6.07) is 13.3. The zero-order valence-corrected chi connectivity index (χ0v) is 13.9. The lowest BCUT2D eigenvalue weighted by molar-refractivity contribution is 0.0696. The second-order valence-electron chi connectivity index (χ2n) is 5.96. The molecule has 6 heteroatoms. The fourth-order valence-corrected chi connectivity index (χ4v) is 2.93. The number of hydrogen-bond acceptors (Lipinski definition) is 4. The van der Waals surface area contributed by atoms with Crippen LogP contribution in [0.3, 0.4) is 0 Å². The maximum absolute atomic E-state index is 13.8. The molecule has 1 aliphatic rings. The van der Waals surface area contributed by atoms with Crippen LogP contribution in [0.4, 0.5) is 10.1 Å². The van der Waals surface area contributed by atoms with E-state index in [-0.39, 0.29) is 11.4 Å². The van der Waals surface area contributed by atoms with Crippen LogP contribution in [0, 0.1) is 5.82 Å². The van der Waals surface area contributed by atoms with Gasteiger partial charge in [0.05, 0.1) is 11.3 Å². The van der Waals surface area contributed by atoms with Gasteiger partial charge in [0.15, 0.2) is 0 Å². The molecule has 1 N–H and O–H groups in total. The number of halogens is 1. The van der Waals surface area contributed by atoms with Crippen LogP contribution in [0.2, 0.25) is 0 Å². The van der Waals surface area contributed by atoms with E-state index in [9.17, 15) is 9.18 Å². The van der Waals surface area contributed by atoms with Crippen molar-refractivity contribution in [2.75, 3.05) is 44.2 Å². The highest BCUT2D eigenvalue weighted by Crippen LogP contribution is 2.20. The maximum atomic E-state index is 13.8. The van der Waals surface area contributed by atoms with Crippen molar-refractivity contribution in [3.05, 3.63) is 59.9 Å². The summed E-state index contributed by atoms with van der Waals surface area (Å²) in [7, 11) is 0. The van der Waals surface area contributed by atoms with E-state index in [2.05, 4.69) is 9.80 Å². The summed E-state index contributed by atoms with van der Waals surface area (Å²) in [6.45, 7) is 4.47. The minimum Gasteiger partial charge on any atom is -0.492 e. The van der Waals surface area contributed by atoms with Crippen molar-refractivity contribution in [2.24, 2.45) is 0 Å². The van der Waals surface area contributed by atoms with Crippen molar-refractivity contribution in [1.82, 2.24) is 4.90 Å². The topological polar surface area (TPSA) is 53.0 Å². The molecule has 0 radical (unpaired) electrons. The van der Waals surface area contributed by atoms with E-state index in [1.807, 2.05) is 12.1 Å². The van der Waals surface area contributed by atoms with Crippen molar-refractivity contribution in [3.8, 4) is 5.75 Å². The molecule has 0 aliphatic carbocycles. The number of carboxylic acids is 1. The second-order valence-corrected chi connectivity index (χ2v) is 5.96. The molecule has 1 aliphatic heterocycles. The molecular formula is C19H21FN2O3. The van der Waals surface area contributed by atoms with Gasteiger partial charge in [-0.05, 0) is 30.3 Å². The number of aromatic carboxylic acids is 1. The standard InChI is InChI=1S/C19H21FN2O3/c20-17-6-1-2-7-18(17)22-10-8-21(9-11-22)12-13-25-16-5-3-4-15(14-16)19(23)24/h1-7,14H,8-13H2,(H,23,24). The highest BCUT2D eigenvalue weighted by atomic mass is 19.1. The fourth-order valence-electron chi connectivity index (χ4n) is 2.93. The van der Waals surface area contributed by atoms with E-state index in [0.29, 0.717) is 18.0 Å². The van der Waals surface area contributed by atoms with E-state index in [4.69, 9.17) is 9.84 Å². The van der Waals surface area contributed by atoms with Gasteiger partial charge in [-0.15, -0.1) is 0 Å². The molecule has 0 spiro atoms. The predicted octanol–water partition coefficient (Wildman–Crippen LogP) is 2.72. The van der Waals surface area contributed by atoms with Gasteiger partial charge >= 0.3 is 5.97 Å². The summed E-state index contributed by atoms with van der Waals surface area (Å²) < 4.78 is 19.5. The van der Waals surface area contributed by atoms with Crippen LogP contribution in [0.15, 0.2) is 48.5 Å². The molecule has 1 heterocycles. The number of ether oxygens (including phenoxy) is 1. The predicted molar refractivity (Wildman–Crippen MR) is 93.9 cm³/mol. The highest BCUT2D eigenvalue weighted by Gasteiger charge is 2.19. The van der Waals surface area contributed by atoms with Gasteiger partial charge in [-0.3, -0.25) is 4.90 Å². The number of para-hydroxylation sites is 1. The van der Waals surface area contributed by atoms with E-state index < -0.39 is 5.97 Å². The Bertz CT molecular complexity index is 730. The molecule has 25 heavy (non-hydrogen) atoms. The Hall–Kier alpha value is -2.60. The first-order chi connectivity index (χ1) is 12.1. The molecule has 1 saturated heterocycles. The molecule has 2 aromatic rings. The molecule has 0 atom stereocenters. The zero-order valence-electron chi connectivity index (χ0n) is 13.9. The minimum atomic E-state index is -0.963. The summed E-state index contributed by atoms with van der Waals surface area (Å²) in [5.41, 5.74) is 0.875. The molecule has 0 bridgehead atoms. The van der Waals surface area contributed by atoms with Crippen LogP contribution >= 0.6 is 0 Å². The lowest BCUT2D eigenvalue weighted by atomic mass is 10.2. The number of rotatable bonds is 6. The van der Waals surface area contributed by atoms with Crippen molar-refractivity contribution < 1.29 is 19.0 Å². The van der Waals surface area contributed by atoms with Crippen LogP contribution in [-0.2, 0) is 0 Å². The third-order valence-corrected chi connectivity index (χ3v) is 4.32. The summed E-state index contributed by atoms with van der Waals surface area (Å²) >= 11 is 0. The Balaban J connectivity index is 1.45. The monoisotopic (exact) mass is 344 g/mol. The van der Waals surface area contributed by atoms with Gasteiger partial charge in [0.25, 0.3) is 0 Å². The molecule has 0 unspecified atom stereocenters. The number of carboxylic acid groups (broad SMARTS) is 1. The second kappa shape index (κ2) is 7.98. The Morgan fingerprint density at radius 1 is 1.08 bits per heavy atom. The summed E-state index contributed by atoms with van der Waals surface area (Å²) in [5, 5.41) is 8.98. The van der Waals surface area contributed by atoms with Gasteiger partial charge in [-0.2, -0.15) is 0 Å². The lowest BCUT2D eigenvalue weighted by Gasteiger charge is -2.36. The molecule has 0 amide bonds. The average Bonchev–Trinajstić information content (AvgIpc) is 2.63. The van der Waals surface area contributed by atoms with Gasteiger partial charge in [0.1, 0.15) is 18.2 Å². The van der Waals surface area contributed by atoms with Crippen LogP contribution < -0.4 is 9.64 Å². The van der Waals surface area contributed by atoms with Crippen molar-refractivity contribution >= 4 is 11.7 Å². The smallest absolute Gasteiger partial charge is 0.335 e. The molecule has 0 aromatic heterocycles. The molecule has 3 rings (SSSR count). The minimum absolute atomic E-state index is 0.183. The van der Waals surface area contributed by atoms with Crippen LogP contribution in [-0.4, -0.2) is 55.3 Å². The number of anilines is 1. The van der Waals surface area contributed by atoms with Gasteiger partial charge in [-0.1, -0.05) is 18.2 Å². The normalized spacial score (nSPS) is 15.2. The van der Waals surface area contributed by atoms with Crippen molar-refractivity contribution in [3.63, 3.8) is 0 Å². The number of benzene rings is 2. The number of carbonyl (C=O) groups is 1. The van der Waals surface area contributed by atoms with E-state index in [0.717, 1.165) is 32.7 Å². The van der Waals surface area contributed by atoms with Crippen LogP contribution in [0.25, 0.3) is 0 Å². The first kappa shape index (κ1) is 17.2. The third-order valence-electron chi connectivity index (χ3n) is 4.32. The summed E-state index contributed by atoms with van der Waals surface area (Å²) in [4.78, 5) is 15.3. The van der Waals surface area contributed by atoms with Gasteiger partial charge in [0, 0.05) is 32.7 Å². The SMILES string of the molecule is O=C(O)c1cccc(OCCN2CCN(c3ccccc3F)CC2)c1. The van der Waals surface area contributed by atoms with Crippen LogP contribution in [0.1, 0.15) is 10.4 Å². The van der Waals surface area contributed by atoms with Gasteiger partial charge < -0.3 is 14.7 Å². The van der Waals surface area contributed by atoms with E-state index >= 15 is 0 Å². The Kier molecular flexibility index (Phi) is 5.50. The van der Waals surface area contributed by atoms with Gasteiger partial charge in [0.2, 0.25) is 0 Å². The Morgan fingerprint density at radius 3 is 2.56 bits per heavy atom. The largest absolute Gasteiger partial charge is 0.492 e. The first-order valence-corrected chi connectivity index (χ1v) is 8.31. The number of hydrogen-bond donors (Lipinski definition) is 1. The highest BCUT2D eigenvalue weighted by molar-refractivity contribution is 5.87. The Morgan fingerprint density at radius 2 is 1.84 bits per heavy atom. The summed E-state index contributed by atoms with van der Waals surface area (Å²) in [6.07, 6.45) is 0. The van der Waals surface area contributed by atoms with Crippen molar-refractivity contribution in [2.45, 2.75) is 0 Å². The summed E-state index contributed by atoms with van der Waals surface area (Å²) in [5.74, 6) is -0.586. The first-order valence-electron chi connectivity index (χ1n) is 8.31. The maximum Gasteiger partial charge on any atom is 0.335 e. The van der Waals surface area contributed by atoms with Gasteiger partial charge in [-0.25, -0.2) is 9.18 Å². The van der Waals surface area contributed by atoms with Crippen molar-refractivity contribution in [1.29, 1.82) is 0 Å². The number of nitrogens with zero attached hydrogens (tertiary/aromatic N) is 2. The van der Waals surface area contributed by atoms with Crippen LogP contribution in [0.5, 0.6) is 5.75 Å². The Labute approximate surface area is 146 Å². The molecule has 0 saturated carbocycles. The van der Waals surface area contributed by atoms with E-state index in [1.165, 1.54) is 18.2 Å². The molecular weight excluding hydrogens is 323 g/mol. The molecule has 5 nitrogen and oxygen atoms in total. The quantitative estimate of drug-likeness (QED) is 0.873. The zero-order chi connectivity index (χ0) is 17.6. The lowest BCUT2D eigenvalue weighted by Crippen LogP contribution is -2.47. The molecule has 132 valence electrons. The molecule has 2 aromatic carbocycles. The third kappa shape index (κ3) is 4.48. The fraction of sp³-hybridized carbons (Fsp3) is 0.316. The average molecular weight is 344 g/mol. The molecule has 1 fully saturated rings. The number of piperazine rings is 1. The van der Waals surface area contributed by atoms with E-state index in [1.54, 1.807) is 18.2 Å².